The molecule has 0 bridgehead atoms. The fourth-order valence-corrected chi connectivity index (χ4v) is 2.86. The smallest absolute Gasteiger partial charge is 0.274 e. The van der Waals surface area contributed by atoms with Crippen LogP contribution >= 0.6 is 0 Å². The highest BCUT2D eigenvalue weighted by molar-refractivity contribution is 6.04. The lowest BCUT2D eigenvalue weighted by Gasteiger charge is -2.30. The topological polar surface area (TPSA) is 62.3 Å². The highest BCUT2D eigenvalue weighted by Gasteiger charge is 2.22. The van der Waals surface area contributed by atoms with E-state index in [1.165, 1.54) is 12.3 Å². The Morgan fingerprint density at radius 1 is 1.15 bits per heavy atom. The number of carbonyl (C=O) groups is 2. The summed E-state index contributed by atoms with van der Waals surface area (Å²) >= 11 is 0. The summed E-state index contributed by atoms with van der Waals surface area (Å²) in [6.07, 6.45) is 3.28. The van der Waals surface area contributed by atoms with E-state index >= 15 is 0 Å². The number of rotatable bonds is 3. The minimum atomic E-state index is -0.881. The van der Waals surface area contributed by atoms with Gasteiger partial charge in [0.25, 0.3) is 11.8 Å². The van der Waals surface area contributed by atoms with Crippen molar-refractivity contribution in [3.05, 3.63) is 59.4 Å². The van der Waals surface area contributed by atoms with Crippen molar-refractivity contribution in [1.82, 2.24) is 9.88 Å². The fraction of sp³-hybridized carbons (Fsp3) is 0.316. The van der Waals surface area contributed by atoms with Crippen molar-refractivity contribution in [2.45, 2.75) is 19.8 Å². The zero-order valence-electron chi connectivity index (χ0n) is 14.3. The number of nitrogens with zero attached hydrogens (tertiary/aromatic N) is 2. The highest BCUT2D eigenvalue weighted by Crippen LogP contribution is 2.19. The van der Waals surface area contributed by atoms with Gasteiger partial charge in [0, 0.05) is 30.9 Å². The molecule has 7 heteroatoms. The van der Waals surface area contributed by atoms with E-state index in [-0.39, 0.29) is 17.3 Å². The Bertz CT molecular complexity index is 833. The van der Waals surface area contributed by atoms with Crippen molar-refractivity contribution < 1.29 is 18.4 Å². The third-order valence-electron chi connectivity index (χ3n) is 4.49. The van der Waals surface area contributed by atoms with Gasteiger partial charge in [0.2, 0.25) is 0 Å². The molecule has 1 N–H and O–H groups in total. The number of carbonyl (C=O) groups excluding carboxylic acids is 2. The number of anilines is 1. The lowest BCUT2D eigenvalue weighted by Crippen LogP contribution is -2.38. The minimum absolute atomic E-state index is 0.00930. The Morgan fingerprint density at radius 3 is 2.58 bits per heavy atom. The van der Waals surface area contributed by atoms with Crippen LogP contribution in [0.15, 0.2) is 36.5 Å². The van der Waals surface area contributed by atoms with Gasteiger partial charge in [-0.2, -0.15) is 0 Å². The molecular weight excluding hydrogens is 340 g/mol. The van der Waals surface area contributed by atoms with E-state index in [1.54, 1.807) is 11.0 Å². The Labute approximate surface area is 150 Å². The predicted octanol–water partition coefficient (Wildman–Crippen LogP) is 3.48. The van der Waals surface area contributed by atoms with Gasteiger partial charge >= 0.3 is 0 Å². The van der Waals surface area contributed by atoms with E-state index in [4.69, 9.17) is 0 Å². The number of pyridine rings is 1. The Balaban J connectivity index is 1.74. The number of hydrogen-bond acceptors (Lipinski definition) is 3. The lowest BCUT2D eigenvalue weighted by molar-refractivity contribution is 0.0697. The molecule has 1 aliphatic rings. The van der Waals surface area contributed by atoms with Gasteiger partial charge in [0.05, 0.1) is 5.69 Å². The summed E-state index contributed by atoms with van der Waals surface area (Å²) in [5.41, 5.74) is 0.198. The van der Waals surface area contributed by atoms with E-state index in [1.807, 2.05) is 0 Å². The van der Waals surface area contributed by atoms with Gasteiger partial charge in [0.1, 0.15) is 17.3 Å². The fourth-order valence-electron chi connectivity index (χ4n) is 2.86. The van der Waals surface area contributed by atoms with Gasteiger partial charge in [-0.3, -0.25) is 14.6 Å². The molecule has 0 spiro atoms. The van der Waals surface area contributed by atoms with Crippen LogP contribution in [-0.4, -0.2) is 34.8 Å². The van der Waals surface area contributed by atoms with Gasteiger partial charge < -0.3 is 10.2 Å². The van der Waals surface area contributed by atoms with Gasteiger partial charge in [-0.1, -0.05) is 6.92 Å². The van der Waals surface area contributed by atoms with Crippen molar-refractivity contribution in [1.29, 1.82) is 0 Å². The molecule has 1 fully saturated rings. The summed E-state index contributed by atoms with van der Waals surface area (Å²) in [5, 5.41) is 2.34. The minimum Gasteiger partial charge on any atom is -0.339 e. The lowest BCUT2D eigenvalue weighted by atomic mass is 9.98. The van der Waals surface area contributed by atoms with Crippen LogP contribution in [0.25, 0.3) is 0 Å². The van der Waals surface area contributed by atoms with Gasteiger partial charge in [-0.15, -0.1) is 0 Å². The summed E-state index contributed by atoms with van der Waals surface area (Å²) < 4.78 is 26.6. The number of hydrogen-bond donors (Lipinski definition) is 1. The number of likely N-dealkylation sites (tertiary alicyclic amines) is 1. The molecule has 1 saturated heterocycles. The number of amides is 2. The molecule has 2 amide bonds. The first-order chi connectivity index (χ1) is 12.4. The molecule has 5 nitrogen and oxygen atoms in total. The number of aromatic nitrogens is 1. The quantitative estimate of drug-likeness (QED) is 0.913. The van der Waals surface area contributed by atoms with E-state index in [0.717, 1.165) is 25.0 Å². The molecule has 2 heterocycles. The van der Waals surface area contributed by atoms with E-state index < -0.39 is 17.5 Å². The highest BCUT2D eigenvalue weighted by atomic mass is 19.1. The van der Waals surface area contributed by atoms with Crippen LogP contribution in [-0.2, 0) is 0 Å². The molecule has 0 aliphatic carbocycles. The first kappa shape index (κ1) is 18.0. The average molecular weight is 359 g/mol. The number of nitrogens with one attached hydrogen (secondary N) is 1. The molecule has 0 atom stereocenters. The number of halogens is 2. The van der Waals surface area contributed by atoms with Gasteiger partial charge in [0.15, 0.2) is 0 Å². The van der Waals surface area contributed by atoms with Crippen LogP contribution in [0.4, 0.5) is 14.5 Å². The molecule has 0 unspecified atom stereocenters. The summed E-state index contributed by atoms with van der Waals surface area (Å²) in [6, 6.07) is 5.79. The zero-order valence-corrected chi connectivity index (χ0v) is 14.3. The largest absolute Gasteiger partial charge is 0.339 e. The first-order valence-electron chi connectivity index (χ1n) is 8.46. The van der Waals surface area contributed by atoms with Crippen molar-refractivity contribution in [3.63, 3.8) is 0 Å². The molecule has 1 aromatic heterocycles. The van der Waals surface area contributed by atoms with Crippen LogP contribution in [0, 0.1) is 17.6 Å². The third-order valence-corrected chi connectivity index (χ3v) is 4.49. The molecule has 0 radical (unpaired) electrons. The van der Waals surface area contributed by atoms with Crippen molar-refractivity contribution in [2.75, 3.05) is 18.4 Å². The van der Waals surface area contributed by atoms with Crippen LogP contribution in [0.3, 0.4) is 0 Å². The molecule has 26 heavy (non-hydrogen) atoms. The molecular formula is C19H19F2N3O2. The summed E-state index contributed by atoms with van der Waals surface area (Å²) in [4.78, 5) is 30.6. The van der Waals surface area contributed by atoms with Crippen LogP contribution in [0.1, 0.15) is 40.6 Å². The second-order valence-electron chi connectivity index (χ2n) is 6.48. The Kier molecular flexibility index (Phi) is 5.25. The summed E-state index contributed by atoms with van der Waals surface area (Å²) in [6.45, 7) is 3.53. The van der Waals surface area contributed by atoms with Crippen LogP contribution < -0.4 is 5.32 Å². The monoisotopic (exact) mass is 359 g/mol. The van der Waals surface area contributed by atoms with Crippen LogP contribution in [0.2, 0.25) is 0 Å². The zero-order chi connectivity index (χ0) is 18.7. The molecule has 1 aliphatic heterocycles. The van der Waals surface area contributed by atoms with E-state index in [9.17, 15) is 18.4 Å². The second-order valence-corrected chi connectivity index (χ2v) is 6.48. The summed E-state index contributed by atoms with van der Waals surface area (Å²) in [7, 11) is 0. The van der Waals surface area contributed by atoms with E-state index in [2.05, 4.69) is 17.2 Å². The SMILES string of the molecule is CC1CCN(C(=O)c2ccnc(C(=O)Nc3ccc(F)cc3F)c2)CC1. The number of benzene rings is 1. The molecule has 0 saturated carbocycles. The summed E-state index contributed by atoms with van der Waals surface area (Å²) in [5.74, 6) is -1.84. The molecule has 1 aromatic carbocycles. The third kappa shape index (κ3) is 4.04. The van der Waals surface area contributed by atoms with Crippen molar-refractivity contribution in [2.24, 2.45) is 5.92 Å². The predicted molar refractivity (Wildman–Crippen MR) is 92.8 cm³/mol. The second kappa shape index (κ2) is 7.59. The maximum absolute atomic E-state index is 13.7. The van der Waals surface area contributed by atoms with Gasteiger partial charge in [-0.05, 0) is 43.0 Å². The first-order valence-corrected chi connectivity index (χ1v) is 8.46. The van der Waals surface area contributed by atoms with E-state index in [0.29, 0.717) is 30.6 Å². The van der Waals surface area contributed by atoms with Crippen LogP contribution in [0.5, 0.6) is 0 Å². The standard InChI is InChI=1S/C19H19F2N3O2/c1-12-5-8-24(9-6-12)19(26)13-4-7-22-17(10-13)18(25)23-16-3-2-14(20)11-15(16)21/h2-4,7,10-12H,5-6,8-9H2,1H3,(H,23,25). The molecule has 136 valence electrons. The van der Waals surface area contributed by atoms with Crippen molar-refractivity contribution >= 4 is 17.5 Å². The van der Waals surface area contributed by atoms with Crippen molar-refractivity contribution in [3.8, 4) is 0 Å². The maximum atomic E-state index is 13.7. The van der Waals surface area contributed by atoms with Gasteiger partial charge in [-0.25, -0.2) is 8.78 Å². The molecule has 3 rings (SSSR count). The Hall–Kier alpha value is -2.83. The normalized spacial score (nSPS) is 15.0. The maximum Gasteiger partial charge on any atom is 0.274 e. The Morgan fingerprint density at radius 2 is 1.88 bits per heavy atom. The average Bonchev–Trinajstić information content (AvgIpc) is 2.64. The molecule has 2 aromatic rings. The number of piperidine rings is 1.